The number of halogens is 1. The number of anilines is 1. The summed E-state index contributed by atoms with van der Waals surface area (Å²) in [4.78, 5) is 35.5. The molecule has 0 saturated carbocycles. The van der Waals surface area contributed by atoms with Crippen molar-refractivity contribution < 1.29 is 14.0 Å². The summed E-state index contributed by atoms with van der Waals surface area (Å²) >= 11 is 0. The van der Waals surface area contributed by atoms with E-state index in [1.807, 2.05) is 81.5 Å². The van der Waals surface area contributed by atoms with Gasteiger partial charge in [-0.3, -0.25) is 9.59 Å². The molecule has 0 aliphatic carbocycles. The molecule has 0 bridgehead atoms. The van der Waals surface area contributed by atoms with Gasteiger partial charge in [-0.15, -0.1) is 0 Å². The van der Waals surface area contributed by atoms with Crippen LogP contribution >= 0.6 is 0 Å². The Labute approximate surface area is 223 Å². The third kappa shape index (κ3) is 6.22. The summed E-state index contributed by atoms with van der Waals surface area (Å²) in [6, 6.07) is 21.8. The van der Waals surface area contributed by atoms with Crippen molar-refractivity contribution in [2.45, 2.75) is 32.9 Å². The predicted octanol–water partition coefficient (Wildman–Crippen LogP) is 5.50. The average molecular weight is 515 g/mol. The number of H-pyrrole nitrogens is 1. The summed E-state index contributed by atoms with van der Waals surface area (Å²) in [6.45, 7) is 4.43. The molecule has 6 nitrogen and oxygen atoms in total. The second kappa shape index (κ2) is 11.9. The van der Waals surface area contributed by atoms with E-state index in [0.717, 1.165) is 27.7 Å². The Morgan fingerprint density at radius 1 is 0.921 bits per heavy atom. The van der Waals surface area contributed by atoms with Crippen LogP contribution in [0, 0.1) is 5.82 Å². The number of aromatic nitrogens is 1. The van der Waals surface area contributed by atoms with Crippen LogP contribution in [0.2, 0.25) is 0 Å². The summed E-state index contributed by atoms with van der Waals surface area (Å²) in [5.74, 6) is -1.26. The zero-order valence-electron chi connectivity index (χ0n) is 22.4. The minimum absolute atomic E-state index is 0.0291. The van der Waals surface area contributed by atoms with Gasteiger partial charge >= 0.3 is 0 Å². The second-order valence-corrected chi connectivity index (χ2v) is 9.99. The molecule has 1 heterocycles. The molecule has 0 fully saturated rings. The van der Waals surface area contributed by atoms with Crippen LogP contribution in [0.15, 0.2) is 79.0 Å². The van der Waals surface area contributed by atoms with Gasteiger partial charge in [-0.2, -0.15) is 0 Å². The Bertz CT molecular complexity index is 1390. The summed E-state index contributed by atoms with van der Waals surface area (Å²) in [6.07, 6.45) is 2.65. The normalized spacial score (nSPS) is 11.1. The lowest BCUT2D eigenvalue weighted by molar-refractivity contribution is -0.132. The topological polar surface area (TPSA) is 59.7 Å². The van der Waals surface area contributed by atoms with E-state index in [2.05, 4.69) is 11.1 Å². The highest BCUT2D eigenvalue weighted by molar-refractivity contribution is 5.97. The lowest BCUT2D eigenvalue weighted by Gasteiger charge is -2.30. The maximum absolute atomic E-state index is 14.4. The highest BCUT2D eigenvalue weighted by Crippen LogP contribution is 2.20. The lowest BCUT2D eigenvalue weighted by Crippen LogP contribution is -2.46. The molecule has 0 spiro atoms. The largest absolute Gasteiger partial charge is 0.378 e. The highest BCUT2D eigenvalue weighted by atomic mass is 19.1. The maximum atomic E-state index is 14.4. The van der Waals surface area contributed by atoms with Crippen LogP contribution in [0.1, 0.15) is 35.3 Å². The number of rotatable bonds is 10. The Balaban J connectivity index is 1.56. The summed E-state index contributed by atoms with van der Waals surface area (Å²) in [7, 11) is 3.97. The highest BCUT2D eigenvalue weighted by Gasteiger charge is 2.26. The van der Waals surface area contributed by atoms with Gasteiger partial charge in [0, 0.05) is 56.0 Å². The van der Waals surface area contributed by atoms with Gasteiger partial charge in [0.2, 0.25) is 5.91 Å². The lowest BCUT2D eigenvalue weighted by atomic mass is 10.1. The van der Waals surface area contributed by atoms with E-state index >= 15 is 0 Å². The van der Waals surface area contributed by atoms with E-state index < -0.39 is 11.7 Å². The van der Waals surface area contributed by atoms with Crippen molar-refractivity contribution >= 4 is 28.4 Å². The third-order valence-electron chi connectivity index (χ3n) is 6.80. The molecule has 0 aliphatic rings. The number of benzene rings is 3. The Hall–Kier alpha value is -4.13. The Morgan fingerprint density at radius 2 is 1.61 bits per heavy atom. The molecule has 1 N–H and O–H groups in total. The van der Waals surface area contributed by atoms with Crippen molar-refractivity contribution in [3.05, 3.63) is 102 Å². The molecule has 0 aliphatic heterocycles. The molecule has 38 heavy (non-hydrogen) atoms. The van der Waals surface area contributed by atoms with Crippen LogP contribution in [0.5, 0.6) is 0 Å². The van der Waals surface area contributed by atoms with E-state index in [0.29, 0.717) is 19.5 Å². The predicted molar refractivity (Wildman–Crippen MR) is 151 cm³/mol. The van der Waals surface area contributed by atoms with Crippen molar-refractivity contribution in [2.24, 2.45) is 0 Å². The molecule has 0 atom stereocenters. The number of carbonyl (C=O) groups excluding carboxylic acids is 2. The van der Waals surface area contributed by atoms with E-state index in [9.17, 15) is 14.0 Å². The number of fused-ring (bicyclic) bond motifs is 1. The van der Waals surface area contributed by atoms with Crippen molar-refractivity contribution in [3.63, 3.8) is 0 Å². The summed E-state index contributed by atoms with van der Waals surface area (Å²) in [5.41, 5.74) is 4.23. The maximum Gasteiger partial charge on any atom is 0.257 e. The number of para-hydroxylation sites is 1. The number of nitrogens with one attached hydrogen (secondary N) is 1. The number of nitrogens with zero attached hydrogens (tertiary/aromatic N) is 3. The molecule has 2 amide bonds. The van der Waals surface area contributed by atoms with Gasteiger partial charge in [0.15, 0.2) is 0 Å². The first-order chi connectivity index (χ1) is 18.2. The molecule has 0 saturated heterocycles. The van der Waals surface area contributed by atoms with Gasteiger partial charge in [-0.25, -0.2) is 4.39 Å². The second-order valence-electron chi connectivity index (χ2n) is 9.99. The number of amides is 2. The van der Waals surface area contributed by atoms with Crippen molar-refractivity contribution in [3.8, 4) is 0 Å². The van der Waals surface area contributed by atoms with E-state index in [1.165, 1.54) is 17.0 Å². The fourth-order valence-corrected chi connectivity index (χ4v) is 4.53. The quantitative estimate of drug-likeness (QED) is 0.304. The molecule has 4 rings (SSSR count). The number of hydrogen-bond acceptors (Lipinski definition) is 3. The van der Waals surface area contributed by atoms with Crippen LogP contribution in [-0.4, -0.2) is 59.8 Å². The SMILES string of the molecule is CC(C)N(CC(=O)N(CCc1c[nH]c2ccccc12)Cc1ccc(N(C)C)cc1)C(=O)c1ccccc1F. The molecule has 198 valence electrons. The van der Waals surface area contributed by atoms with Crippen molar-refractivity contribution in [1.82, 2.24) is 14.8 Å². The van der Waals surface area contributed by atoms with Crippen LogP contribution in [0.3, 0.4) is 0 Å². The Kier molecular flexibility index (Phi) is 8.46. The first kappa shape index (κ1) is 26.9. The number of aromatic amines is 1. The zero-order chi connectivity index (χ0) is 27.2. The smallest absolute Gasteiger partial charge is 0.257 e. The standard InChI is InChI=1S/C31H35FN4O2/c1-22(2)36(31(38)27-10-5-7-11-28(27)32)21-30(37)35(20-23-13-15-25(16-14-23)34(3)4)18-17-24-19-33-29-12-8-6-9-26(24)29/h5-16,19,22,33H,17-18,20-21H2,1-4H3. The number of carbonyl (C=O) groups is 2. The molecule has 4 aromatic rings. The van der Waals surface area contributed by atoms with Gasteiger partial charge in [0.1, 0.15) is 12.4 Å². The van der Waals surface area contributed by atoms with Crippen LogP contribution < -0.4 is 4.90 Å². The van der Waals surface area contributed by atoms with E-state index in [4.69, 9.17) is 0 Å². The summed E-state index contributed by atoms with van der Waals surface area (Å²) < 4.78 is 14.4. The Morgan fingerprint density at radius 3 is 2.29 bits per heavy atom. The molecule has 1 aromatic heterocycles. The molecule has 7 heteroatoms. The molecule has 0 radical (unpaired) electrons. The van der Waals surface area contributed by atoms with Gasteiger partial charge in [-0.1, -0.05) is 42.5 Å². The fourth-order valence-electron chi connectivity index (χ4n) is 4.53. The van der Waals surface area contributed by atoms with Crippen molar-refractivity contribution in [2.75, 3.05) is 32.1 Å². The van der Waals surface area contributed by atoms with Crippen LogP contribution in [0.4, 0.5) is 10.1 Å². The van der Waals surface area contributed by atoms with Gasteiger partial charge in [0.25, 0.3) is 5.91 Å². The van der Waals surface area contributed by atoms with Crippen LogP contribution in [-0.2, 0) is 17.8 Å². The minimum Gasteiger partial charge on any atom is -0.378 e. The monoisotopic (exact) mass is 514 g/mol. The van der Waals surface area contributed by atoms with Gasteiger partial charge in [-0.05, 0) is 61.7 Å². The first-order valence-corrected chi connectivity index (χ1v) is 12.9. The zero-order valence-corrected chi connectivity index (χ0v) is 22.4. The van der Waals surface area contributed by atoms with E-state index in [-0.39, 0.29) is 24.1 Å². The molecular weight excluding hydrogens is 479 g/mol. The van der Waals surface area contributed by atoms with Gasteiger partial charge in [0.05, 0.1) is 5.56 Å². The van der Waals surface area contributed by atoms with E-state index in [1.54, 1.807) is 17.0 Å². The third-order valence-corrected chi connectivity index (χ3v) is 6.80. The summed E-state index contributed by atoms with van der Waals surface area (Å²) in [5, 5.41) is 1.13. The van der Waals surface area contributed by atoms with Gasteiger partial charge < -0.3 is 19.7 Å². The average Bonchev–Trinajstić information content (AvgIpc) is 3.32. The molecule has 0 unspecified atom stereocenters. The molecular formula is C31H35FN4O2. The molecule has 3 aromatic carbocycles. The fraction of sp³-hybridized carbons (Fsp3) is 0.290. The number of hydrogen-bond donors (Lipinski definition) is 1. The minimum atomic E-state index is -0.590. The first-order valence-electron chi connectivity index (χ1n) is 12.9. The van der Waals surface area contributed by atoms with Crippen LogP contribution in [0.25, 0.3) is 10.9 Å². The van der Waals surface area contributed by atoms with Crippen molar-refractivity contribution in [1.29, 1.82) is 0 Å².